The summed E-state index contributed by atoms with van der Waals surface area (Å²) >= 11 is 17.9. The van der Waals surface area contributed by atoms with Gasteiger partial charge in [0.05, 0.1) is 5.38 Å². The molecule has 2 aromatic carbocycles. The molecule has 1 unspecified atom stereocenters. The zero-order valence-electron chi connectivity index (χ0n) is 8.93. The van der Waals surface area contributed by atoms with E-state index in [0.717, 1.165) is 18.2 Å². The molecule has 0 saturated carbocycles. The lowest BCUT2D eigenvalue weighted by Gasteiger charge is -2.13. The van der Waals surface area contributed by atoms with E-state index in [0.29, 0.717) is 15.6 Å². The second kappa shape index (κ2) is 5.43. The third kappa shape index (κ3) is 2.77. The van der Waals surface area contributed by atoms with Crippen LogP contribution in [-0.2, 0) is 0 Å². The normalized spacial score (nSPS) is 12.5. The fourth-order valence-corrected chi connectivity index (χ4v) is 2.51. The molecule has 0 aliphatic rings. The molecule has 18 heavy (non-hydrogen) atoms. The fourth-order valence-electron chi connectivity index (χ4n) is 1.58. The van der Waals surface area contributed by atoms with Gasteiger partial charge >= 0.3 is 0 Å². The van der Waals surface area contributed by atoms with Gasteiger partial charge in [0.25, 0.3) is 0 Å². The Hall–Kier alpha value is -0.830. The lowest BCUT2D eigenvalue weighted by atomic mass is 10.0. The summed E-state index contributed by atoms with van der Waals surface area (Å²) in [5.41, 5.74) is 0.521. The Morgan fingerprint density at radius 3 is 2.28 bits per heavy atom. The molecule has 2 aromatic rings. The largest absolute Gasteiger partial charge is 0.207 e. The summed E-state index contributed by atoms with van der Waals surface area (Å²) < 4.78 is 26.7. The molecule has 0 amide bonds. The maximum Gasteiger partial charge on any atom is 0.128 e. The molecule has 0 aliphatic heterocycles. The van der Waals surface area contributed by atoms with Crippen molar-refractivity contribution in [2.24, 2.45) is 0 Å². The molecule has 5 heteroatoms. The summed E-state index contributed by atoms with van der Waals surface area (Å²) in [6, 6.07) is 7.81. The summed E-state index contributed by atoms with van der Waals surface area (Å²) in [5, 5.41) is -0.107. The molecular formula is C13H7Cl3F2. The highest BCUT2D eigenvalue weighted by Gasteiger charge is 2.18. The first-order valence-corrected chi connectivity index (χ1v) is 6.22. The highest BCUT2D eigenvalue weighted by Crippen LogP contribution is 2.36. The van der Waals surface area contributed by atoms with Crippen LogP contribution in [0.5, 0.6) is 0 Å². The van der Waals surface area contributed by atoms with E-state index in [-0.39, 0.29) is 5.56 Å². The summed E-state index contributed by atoms with van der Waals surface area (Å²) in [4.78, 5) is 0. The second-order valence-electron chi connectivity index (χ2n) is 3.69. The van der Waals surface area contributed by atoms with E-state index in [1.54, 1.807) is 12.1 Å². The standard InChI is InChI=1S/C13H7Cl3F2/c14-7-1-3-9(11(15)5-7)13(16)10-6-8(17)2-4-12(10)18/h1-6,13H. The maximum atomic E-state index is 13.6. The van der Waals surface area contributed by atoms with Crippen LogP contribution in [0.25, 0.3) is 0 Å². The van der Waals surface area contributed by atoms with E-state index in [1.807, 2.05) is 0 Å². The first-order valence-electron chi connectivity index (χ1n) is 5.03. The highest BCUT2D eigenvalue weighted by atomic mass is 35.5. The van der Waals surface area contributed by atoms with Gasteiger partial charge in [-0.1, -0.05) is 29.3 Å². The quantitative estimate of drug-likeness (QED) is 0.633. The van der Waals surface area contributed by atoms with Gasteiger partial charge in [-0.25, -0.2) is 8.78 Å². The van der Waals surface area contributed by atoms with Crippen LogP contribution >= 0.6 is 34.8 Å². The van der Waals surface area contributed by atoms with Crippen molar-refractivity contribution in [3.8, 4) is 0 Å². The van der Waals surface area contributed by atoms with Gasteiger partial charge in [0.1, 0.15) is 11.6 Å². The number of hydrogen-bond donors (Lipinski definition) is 0. The molecule has 0 aromatic heterocycles. The van der Waals surface area contributed by atoms with Crippen LogP contribution in [0.4, 0.5) is 8.78 Å². The molecule has 0 saturated heterocycles. The van der Waals surface area contributed by atoms with Crippen molar-refractivity contribution in [3.63, 3.8) is 0 Å². The van der Waals surface area contributed by atoms with Crippen molar-refractivity contribution >= 4 is 34.8 Å². The molecule has 0 N–H and O–H groups in total. The van der Waals surface area contributed by atoms with Crippen LogP contribution in [0.3, 0.4) is 0 Å². The van der Waals surface area contributed by atoms with Crippen molar-refractivity contribution in [2.45, 2.75) is 5.38 Å². The smallest absolute Gasteiger partial charge is 0.128 e. The predicted octanol–water partition coefficient (Wildman–Crippen LogP) is 5.60. The first-order chi connectivity index (χ1) is 8.49. The van der Waals surface area contributed by atoms with E-state index in [1.165, 1.54) is 6.07 Å². The predicted molar refractivity (Wildman–Crippen MR) is 70.5 cm³/mol. The molecule has 94 valence electrons. The first kappa shape index (κ1) is 13.6. The zero-order valence-corrected chi connectivity index (χ0v) is 11.2. The summed E-state index contributed by atoms with van der Waals surface area (Å²) in [6.45, 7) is 0. The van der Waals surface area contributed by atoms with E-state index in [9.17, 15) is 8.78 Å². The van der Waals surface area contributed by atoms with Gasteiger partial charge in [0.2, 0.25) is 0 Å². The van der Waals surface area contributed by atoms with Crippen molar-refractivity contribution < 1.29 is 8.78 Å². The van der Waals surface area contributed by atoms with Crippen molar-refractivity contribution in [2.75, 3.05) is 0 Å². The van der Waals surface area contributed by atoms with Crippen LogP contribution in [0.2, 0.25) is 10.0 Å². The zero-order chi connectivity index (χ0) is 13.3. The van der Waals surface area contributed by atoms with Crippen molar-refractivity contribution in [3.05, 3.63) is 69.2 Å². The Bertz CT molecular complexity index is 584. The van der Waals surface area contributed by atoms with Crippen LogP contribution < -0.4 is 0 Å². The van der Waals surface area contributed by atoms with Gasteiger partial charge in [-0.15, -0.1) is 11.6 Å². The lowest BCUT2D eigenvalue weighted by Crippen LogP contribution is -1.99. The molecule has 0 fully saturated rings. The molecule has 0 nitrogen and oxygen atoms in total. The summed E-state index contributed by atoms with van der Waals surface area (Å²) in [6.07, 6.45) is 0. The van der Waals surface area contributed by atoms with Gasteiger partial charge in [-0.3, -0.25) is 0 Å². The van der Waals surface area contributed by atoms with Gasteiger partial charge in [-0.05, 0) is 35.9 Å². The maximum absolute atomic E-state index is 13.6. The van der Waals surface area contributed by atoms with Gasteiger partial charge in [0, 0.05) is 15.6 Å². The van der Waals surface area contributed by atoms with Crippen LogP contribution in [0.15, 0.2) is 36.4 Å². The summed E-state index contributed by atoms with van der Waals surface area (Å²) in [5.74, 6) is -1.13. The van der Waals surface area contributed by atoms with Gasteiger partial charge in [-0.2, -0.15) is 0 Å². The van der Waals surface area contributed by atoms with E-state index < -0.39 is 17.0 Å². The number of hydrogen-bond acceptors (Lipinski definition) is 0. The molecule has 0 aliphatic carbocycles. The SMILES string of the molecule is Fc1ccc(F)c(C(Cl)c2ccc(Cl)cc2Cl)c1. The minimum absolute atomic E-state index is 0.0425. The molecule has 2 rings (SSSR count). The molecule has 0 radical (unpaired) electrons. The number of halogens is 5. The molecule has 0 bridgehead atoms. The van der Waals surface area contributed by atoms with Crippen LogP contribution in [0, 0.1) is 11.6 Å². The molecule has 0 heterocycles. The summed E-state index contributed by atoms with van der Waals surface area (Å²) in [7, 11) is 0. The second-order valence-corrected chi connectivity index (χ2v) is 4.97. The van der Waals surface area contributed by atoms with E-state index in [2.05, 4.69) is 0 Å². The highest BCUT2D eigenvalue weighted by molar-refractivity contribution is 6.36. The lowest BCUT2D eigenvalue weighted by molar-refractivity contribution is 0.587. The Kier molecular flexibility index (Phi) is 4.10. The Labute approximate surface area is 118 Å². The monoisotopic (exact) mass is 306 g/mol. The van der Waals surface area contributed by atoms with E-state index in [4.69, 9.17) is 34.8 Å². The number of benzene rings is 2. The Balaban J connectivity index is 2.47. The van der Waals surface area contributed by atoms with Crippen molar-refractivity contribution in [1.29, 1.82) is 0 Å². The molecular weight excluding hydrogens is 300 g/mol. The Morgan fingerprint density at radius 2 is 1.61 bits per heavy atom. The van der Waals surface area contributed by atoms with E-state index >= 15 is 0 Å². The number of rotatable bonds is 2. The van der Waals surface area contributed by atoms with Gasteiger partial charge in [0.15, 0.2) is 0 Å². The molecule has 1 atom stereocenters. The minimum atomic E-state index is -0.870. The average molecular weight is 308 g/mol. The van der Waals surface area contributed by atoms with Gasteiger partial charge < -0.3 is 0 Å². The third-order valence-electron chi connectivity index (χ3n) is 2.47. The van der Waals surface area contributed by atoms with Crippen molar-refractivity contribution in [1.82, 2.24) is 0 Å². The Morgan fingerprint density at radius 1 is 0.889 bits per heavy atom. The van der Waals surface area contributed by atoms with Crippen LogP contribution in [-0.4, -0.2) is 0 Å². The van der Waals surface area contributed by atoms with Crippen LogP contribution in [0.1, 0.15) is 16.5 Å². The molecule has 0 spiro atoms. The minimum Gasteiger partial charge on any atom is -0.207 e. The third-order valence-corrected chi connectivity index (χ3v) is 3.50. The fraction of sp³-hybridized carbons (Fsp3) is 0.0769. The average Bonchev–Trinajstić information content (AvgIpc) is 2.31. The topological polar surface area (TPSA) is 0 Å². The number of alkyl halides is 1.